The Balaban J connectivity index is 1.86. The second-order valence-electron chi connectivity index (χ2n) is 3.56. The van der Waals surface area contributed by atoms with Gasteiger partial charge in [-0.15, -0.1) is 0 Å². The first kappa shape index (κ1) is 11.2. The maximum Gasteiger partial charge on any atom is 0.304 e. The predicted molar refractivity (Wildman–Crippen MR) is 65.6 cm³/mol. The van der Waals surface area contributed by atoms with Crippen molar-refractivity contribution in [1.29, 1.82) is 0 Å². The maximum absolute atomic E-state index is 10.9. The maximum atomic E-state index is 10.9. The van der Waals surface area contributed by atoms with E-state index in [-0.39, 0.29) is 4.87 Å². The van der Waals surface area contributed by atoms with Crippen molar-refractivity contribution < 1.29 is 0 Å². The molecule has 0 saturated heterocycles. The Morgan fingerprint density at radius 3 is 3.06 bits per heavy atom. The average molecular weight is 237 g/mol. The van der Waals surface area contributed by atoms with Gasteiger partial charge in [0.05, 0.1) is 0 Å². The van der Waals surface area contributed by atoms with Crippen molar-refractivity contribution in [3.63, 3.8) is 0 Å². The lowest BCUT2D eigenvalue weighted by molar-refractivity contribution is 0.623. The van der Waals surface area contributed by atoms with Gasteiger partial charge >= 0.3 is 4.87 Å². The molecule has 0 aromatic carbocycles. The van der Waals surface area contributed by atoms with Crippen molar-refractivity contribution in [1.82, 2.24) is 14.9 Å². The lowest BCUT2D eigenvalue weighted by atomic mass is 10.4. The van der Waals surface area contributed by atoms with Crippen LogP contribution in [-0.2, 0) is 19.6 Å². The van der Waals surface area contributed by atoms with Crippen molar-refractivity contribution in [3.05, 3.63) is 44.8 Å². The van der Waals surface area contributed by atoms with E-state index in [0.29, 0.717) is 6.54 Å². The molecule has 2 N–H and O–H groups in total. The third-order valence-corrected chi connectivity index (χ3v) is 3.18. The normalized spacial score (nSPS) is 10.8. The Hall–Kier alpha value is -1.33. The van der Waals surface area contributed by atoms with Crippen LogP contribution in [0.2, 0.25) is 0 Å². The van der Waals surface area contributed by atoms with Crippen LogP contribution in [0.3, 0.4) is 0 Å². The molecule has 0 fully saturated rings. The largest absolute Gasteiger partial charge is 0.351 e. The molecular weight excluding hydrogens is 222 g/mol. The van der Waals surface area contributed by atoms with Crippen LogP contribution < -0.4 is 10.2 Å². The average Bonchev–Trinajstić information content (AvgIpc) is 2.87. The number of aromatic amines is 1. The molecule has 0 aliphatic rings. The van der Waals surface area contributed by atoms with Crippen molar-refractivity contribution in [2.75, 3.05) is 0 Å². The Morgan fingerprint density at radius 1 is 1.50 bits per heavy atom. The topological polar surface area (TPSA) is 49.8 Å². The zero-order valence-corrected chi connectivity index (χ0v) is 10.0. The highest BCUT2D eigenvalue weighted by Gasteiger charge is 1.99. The van der Waals surface area contributed by atoms with Crippen molar-refractivity contribution in [3.8, 4) is 0 Å². The highest BCUT2D eigenvalue weighted by atomic mass is 32.1. The van der Waals surface area contributed by atoms with Gasteiger partial charge in [0.2, 0.25) is 0 Å². The molecule has 4 nitrogen and oxygen atoms in total. The van der Waals surface area contributed by atoms with Crippen LogP contribution in [0.5, 0.6) is 0 Å². The first-order valence-electron chi connectivity index (χ1n) is 5.31. The summed E-state index contributed by atoms with van der Waals surface area (Å²) in [4.78, 5) is 13.7. The summed E-state index contributed by atoms with van der Waals surface area (Å²) in [5, 5.41) is 5.16. The molecule has 0 bridgehead atoms. The molecule has 0 amide bonds. The quantitative estimate of drug-likeness (QED) is 0.829. The summed E-state index contributed by atoms with van der Waals surface area (Å²) < 4.78 is 2.20. The Bertz CT molecular complexity index is 497. The molecule has 0 atom stereocenters. The van der Waals surface area contributed by atoms with Crippen LogP contribution in [0.4, 0.5) is 0 Å². The number of nitrogens with zero attached hydrogens (tertiary/aromatic N) is 1. The number of aromatic nitrogens is 2. The fraction of sp³-hybridized carbons (Fsp3) is 0.364. The molecule has 2 aromatic heterocycles. The second kappa shape index (κ2) is 5.14. The monoisotopic (exact) mass is 237 g/mol. The highest BCUT2D eigenvalue weighted by molar-refractivity contribution is 7.07. The third kappa shape index (κ3) is 2.62. The van der Waals surface area contributed by atoms with Gasteiger partial charge in [0.1, 0.15) is 0 Å². The number of thiazole rings is 1. The van der Waals surface area contributed by atoms with Gasteiger partial charge in [0, 0.05) is 42.6 Å². The van der Waals surface area contributed by atoms with E-state index in [1.807, 2.05) is 11.4 Å². The van der Waals surface area contributed by atoms with E-state index in [1.165, 1.54) is 17.0 Å². The Morgan fingerprint density at radius 2 is 2.38 bits per heavy atom. The van der Waals surface area contributed by atoms with Gasteiger partial charge in [-0.25, -0.2) is 0 Å². The molecular formula is C11H15N3OS. The van der Waals surface area contributed by atoms with E-state index in [2.05, 4.69) is 34.1 Å². The Kier molecular flexibility index (Phi) is 3.58. The first-order valence-corrected chi connectivity index (χ1v) is 6.19. The van der Waals surface area contributed by atoms with E-state index in [9.17, 15) is 4.79 Å². The summed E-state index contributed by atoms with van der Waals surface area (Å²) in [5.41, 5.74) is 2.21. The summed E-state index contributed by atoms with van der Waals surface area (Å²) in [5.74, 6) is 0. The van der Waals surface area contributed by atoms with Crippen molar-refractivity contribution in [2.45, 2.75) is 26.6 Å². The smallest absolute Gasteiger partial charge is 0.304 e. The molecule has 2 aromatic rings. The van der Waals surface area contributed by atoms with Crippen LogP contribution in [0, 0.1) is 0 Å². The van der Waals surface area contributed by atoms with E-state index < -0.39 is 0 Å². The number of hydrogen-bond donors (Lipinski definition) is 2. The second-order valence-corrected chi connectivity index (χ2v) is 4.40. The minimum absolute atomic E-state index is 0.00809. The van der Waals surface area contributed by atoms with Gasteiger partial charge in [-0.3, -0.25) is 4.79 Å². The highest BCUT2D eigenvalue weighted by Crippen LogP contribution is 2.02. The number of H-pyrrole nitrogens is 1. The van der Waals surface area contributed by atoms with E-state index >= 15 is 0 Å². The molecule has 0 aliphatic heterocycles. The van der Waals surface area contributed by atoms with Crippen molar-refractivity contribution in [2.24, 2.45) is 0 Å². The molecule has 0 radical (unpaired) electrons. The van der Waals surface area contributed by atoms with E-state index in [1.54, 1.807) is 0 Å². The lowest BCUT2D eigenvalue weighted by Gasteiger charge is -2.06. The van der Waals surface area contributed by atoms with Gasteiger partial charge in [0.15, 0.2) is 0 Å². The van der Waals surface area contributed by atoms with Crippen molar-refractivity contribution >= 4 is 11.3 Å². The fourth-order valence-corrected chi connectivity index (χ4v) is 2.23. The molecule has 0 saturated carbocycles. The minimum Gasteiger partial charge on any atom is -0.351 e. The van der Waals surface area contributed by atoms with Gasteiger partial charge in [0.25, 0.3) is 0 Å². The first-order chi connectivity index (χ1) is 7.79. The standard InChI is InChI=1S/C11H15N3OS/c1-2-14-5-3-4-10(14)7-12-6-9-8-16-11(15)13-9/h3-5,8,12H,2,6-7H2,1H3,(H,13,15). The van der Waals surface area contributed by atoms with Gasteiger partial charge < -0.3 is 14.9 Å². The van der Waals surface area contributed by atoms with Gasteiger partial charge in [-0.1, -0.05) is 11.3 Å². The van der Waals surface area contributed by atoms with Gasteiger partial charge in [-0.05, 0) is 19.1 Å². The lowest BCUT2D eigenvalue weighted by Crippen LogP contribution is -2.16. The third-order valence-electron chi connectivity index (χ3n) is 2.46. The van der Waals surface area contributed by atoms with E-state index in [0.717, 1.165) is 18.8 Å². The summed E-state index contributed by atoms with van der Waals surface area (Å²) >= 11 is 1.20. The fourth-order valence-electron chi connectivity index (χ4n) is 1.64. The number of nitrogens with one attached hydrogen (secondary N) is 2. The van der Waals surface area contributed by atoms with Crippen LogP contribution >= 0.6 is 11.3 Å². The predicted octanol–water partition coefficient (Wildman–Crippen LogP) is 1.55. The van der Waals surface area contributed by atoms with Crippen LogP contribution in [0.25, 0.3) is 0 Å². The van der Waals surface area contributed by atoms with Crippen LogP contribution in [-0.4, -0.2) is 9.55 Å². The summed E-state index contributed by atoms with van der Waals surface area (Å²) in [6.07, 6.45) is 2.07. The molecule has 5 heteroatoms. The molecule has 0 spiro atoms. The molecule has 2 heterocycles. The molecule has 0 unspecified atom stereocenters. The summed E-state index contributed by atoms with van der Waals surface area (Å²) in [7, 11) is 0. The zero-order valence-electron chi connectivity index (χ0n) is 9.19. The summed E-state index contributed by atoms with van der Waals surface area (Å²) in [6, 6.07) is 4.15. The van der Waals surface area contributed by atoms with Crippen LogP contribution in [0.15, 0.2) is 28.5 Å². The Labute approximate surface area is 97.9 Å². The van der Waals surface area contributed by atoms with Gasteiger partial charge in [-0.2, -0.15) is 0 Å². The number of hydrogen-bond acceptors (Lipinski definition) is 3. The molecule has 16 heavy (non-hydrogen) atoms. The number of aryl methyl sites for hydroxylation is 1. The molecule has 2 rings (SSSR count). The minimum atomic E-state index is 0.00809. The van der Waals surface area contributed by atoms with E-state index in [4.69, 9.17) is 0 Å². The molecule has 86 valence electrons. The van der Waals surface area contributed by atoms with Crippen LogP contribution in [0.1, 0.15) is 18.3 Å². The molecule has 0 aliphatic carbocycles. The zero-order chi connectivity index (χ0) is 11.4. The summed E-state index contributed by atoms with van der Waals surface area (Å²) in [6.45, 7) is 4.63. The SMILES string of the molecule is CCn1cccc1CNCc1csc(=O)[nH]1. The number of rotatable bonds is 5.